The Morgan fingerprint density at radius 2 is 2.00 bits per heavy atom. The molecule has 0 aromatic heterocycles. The molecular weight excluding hydrogens is 308 g/mol. The summed E-state index contributed by atoms with van der Waals surface area (Å²) in [5.41, 5.74) is 4.21. The summed E-state index contributed by atoms with van der Waals surface area (Å²) < 4.78 is 0. The van der Waals surface area contributed by atoms with Gasteiger partial charge in [0.25, 0.3) is 5.91 Å². The van der Waals surface area contributed by atoms with Crippen LogP contribution in [0.25, 0.3) is 0 Å². The zero-order valence-corrected chi connectivity index (χ0v) is 13.9. The first-order valence-electron chi connectivity index (χ1n) is 7.58. The molecule has 0 bridgehead atoms. The Kier molecular flexibility index (Phi) is 4.11. The largest absolute Gasteiger partial charge is 0.327 e. The molecule has 23 heavy (non-hydrogen) atoms. The molecule has 1 aromatic rings. The Balaban J connectivity index is 1.98. The SMILES string of the molecule is CC1=CCC(C#N)=C2C(=O)N(C(C)c3ccc(Cl)cc3)CC2=C1. The maximum Gasteiger partial charge on any atom is 0.256 e. The standard InChI is InChI=1S/C19H17ClN2O/c1-12-3-4-15(10-21)18-16(9-12)11-22(19(18)23)13(2)14-5-7-17(20)8-6-14/h3,5-9,13H,4,11H2,1-2H3. The minimum absolute atomic E-state index is 0.0571. The van der Waals surface area contributed by atoms with Gasteiger partial charge in [-0.2, -0.15) is 5.26 Å². The number of benzene rings is 1. The van der Waals surface area contributed by atoms with Gasteiger partial charge < -0.3 is 4.90 Å². The lowest BCUT2D eigenvalue weighted by atomic mass is 10.0. The average Bonchev–Trinajstić information content (AvgIpc) is 2.75. The smallest absolute Gasteiger partial charge is 0.256 e. The number of rotatable bonds is 2. The van der Waals surface area contributed by atoms with Crippen molar-refractivity contribution in [2.45, 2.75) is 26.3 Å². The summed E-state index contributed by atoms with van der Waals surface area (Å²) in [7, 11) is 0. The quantitative estimate of drug-likeness (QED) is 0.812. The molecule has 1 fully saturated rings. The van der Waals surface area contributed by atoms with E-state index in [9.17, 15) is 10.1 Å². The van der Waals surface area contributed by atoms with E-state index in [0.717, 1.165) is 16.7 Å². The van der Waals surface area contributed by atoms with Crippen LogP contribution in [0.15, 0.2) is 58.7 Å². The van der Waals surface area contributed by atoms with Crippen molar-refractivity contribution in [1.82, 2.24) is 4.90 Å². The third-order valence-electron chi connectivity index (χ3n) is 4.42. The minimum Gasteiger partial charge on any atom is -0.327 e. The van der Waals surface area contributed by atoms with Crippen LogP contribution in [-0.4, -0.2) is 17.4 Å². The van der Waals surface area contributed by atoms with Gasteiger partial charge in [-0.1, -0.05) is 41.5 Å². The van der Waals surface area contributed by atoms with Crippen LogP contribution in [0.5, 0.6) is 0 Å². The number of allylic oxidation sites excluding steroid dienone is 4. The highest BCUT2D eigenvalue weighted by atomic mass is 35.5. The lowest BCUT2D eigenvalue weighted by molar-refractivity contribution is -0.126. The van der Waals surface area contributed by atoms with Crippen LogP contribution >= 0.6 is 11.6 Å². The molecule has 1 unspecified atom stereocenters. The monoisotopic (exact) mass is 324 g/mol. The summed E-state index contributed by atoms with van der Waals surface area (Å²) in [5, 5.41) is 10.1. The maximum absolute atomic E-state index is 12.9. The van der Waals surface area contributed by atoms with Crippen molar-refractivity contribution in [3.8, 4) is 6.07 Å². The second-order valence-corrected chi connectivity index (χ2v) is 6.38. The predicted octanol–water partition coefficient (Wildman–Crippen LogP) is 4.34. The normalized spacial score (nSPS) is 18.9. The van der Waals surface area contributed by atoms with Gasteiger partial charge in [0.1, 0.15) is 0 Å². The van der Waals surface area contributed by atoms with E-state index in [4.69, 9.17) is 11.6 Å². The van der Waals surface area contributed by atoms with Crippen molar-refractivity contribution in [2.75, 3.05) is 6.54 Å². The van der Waals surface area contributed by atoms with Gasteiger partial charge in [0.05, 0.1) is 17.7 Å². The van der Waals surface area contributed by atoms with Gasteiger partial charge in [-0.15, -0.1) is 0 Å². The number of amides is 1. The Bertz CT molecular complexity index is 794. The van der Waals surface area contributed by atoms with Crippen molar-refractivity contribution in [2.24, 2.45) is 0 Å². The lowest BCUT2D eigenvalue weighted by Gasteiger charge is -2.24. The number of fused-ring (bicyclic) bond motifs is 1. The molecule has 4 heteroatoms. The van der Waals surface area contributed by atoms with E-state index in [1.165, 1.54) is 0 Å². The van der Waals surface area contributed by atoms with Gasteiger partial charge in [-0.3, -0.25) is 4.79 Å². The van der Waals surface area contributed by atoms with E-state index in [1.54, 1.807) is 0 Å². The molecule has 0 radical (unpaired) electrons. The fourth-order valence-electron chi connectivity index (χ4n) is 3.09. The summed E-state index contributed by atoms with van der Waals surface area (Å²) in [4.78, 5) is 14.7. The molecule has 1 heterocycles. The molecule has 116 valence electrons. The van der Waals surface area contributed by atoms with E-state index in [2.05, 4.69) is 6.07 Å². The third kappa shape index (κ3) is 2.83. The Morgan fingerprint density at radius 3 is 2.65 bits per heavy atom. The van der Waals surface area contributed by atoms with E-state index in [-0.39, 0.29) is 11.9 Å². The Hall–Kier alpha value is -2.31. The van der Waals surface area contributed by atoms with Crippen LogP contribution < -0.4 is 0 Å². The van der Waals surface area contributed by atoms with E-state index in [1.807, 2.05) is 55.2 Å². The Labute approximate surface area is 141 Å². The second kappa shape index (κ2) is 6.06. The van der Waals surface area contributed by atoms with Crippen molar-refractivity contribution >= 4 is 17.5 Å². The average molecular weight is 325 g/mol. The van der Waals surface area contributed by atoms with Gasteiger partial charge >= 0.3 is 0 Å². The highest BCUT2D eigenvalue weighted by Crippen LogP contribution is 2.36. The van der Waals surface area contributed by atoms with Crippen molar-refractivity contribution < 1.29 is 4.79 Å². The number of likely N-dealkylation sites (tertiary alicyclic amines) is 1. The molecule has 2 aliphatic rings. The number of hydrogen-bond acceptors (Lipinski definition) is 2. The van der Waals surface area contributed by atoms with Gasteiger partial charge in [0.15, 0.2) is 0 Å². The topological polar surface area (TPSA) is 44.1 Å². The molecule has 1 amide bonds. The highest BCUT2D eigenvalue weighted by molar-refractivity contribution is 6.30. The Morgan fingerprint density at radius 1 is 1.30 bits per heavy atom. The summed E-state index contributed by atoms with van der Waals surface area (Å²) >= 11 is 5.94. The maximum atomic E-state index is 12.9. The highest BCUT2D eigenvalue weighted by Gasteiger charge is 2.36. The predicted molar refractivity (Wildman–Crippen MR) is 90.7 cm³/mol. The first kappa shape index (κ1) is 15.6. The lowest BCUT2D eigenvalue weighted by Crippen LogP contribution is -2.28. The van der Waals surface area contributed by atoms with Crippen LogP contribution in [0.2, 0.25) is 5.02 Å². The number of halogens is 1. The van der Waals surface area contributed by atoms with Crippen LogP contribution in [0, 0.1) is 11.3 Å². The van der Waals surface area contributed by atoms with Crippen LogP contribution in [-0.2, 0) is 4.79 Å². The van der Waals surface area contributed by atoms with Gasteiger partial charge in [0, 0.05) is 23.6 Å². The number of carbonyl (C=O) groups excluding carboxylic acids is 1. The fraction of sp³-hybridized carbons (Fsp3) is 0.263. The van der Waals surface area contributed by atoms with Crippen molar-refractivity contribution in [3.05, 3.63) is 69.3 Å². The summed E-state index contributed by atoms with van der Waals surface area (Å²) in [6, 6.07) is 9.68. The number of hydrogen-bond donors (Lipinski definition) is 0. The zero-order chi connectivity index (χ0) is 16.6. The molecule has 1 aromatic carbocycles. The van der Waals surface area contributed by atoms with Gasteiger partial charge in [-0.05, 0) is 37.1 Å². The van der Waals surface area contributed by atoms with E-state index < -0.39 is 0 Å². The van der Waals surface area contributed by atoms with Gasteiger partial charge in [-0.25, -0.2) is 0 Å². The molecule has 0 saturated carbocycles. The van der Waals surface area contributed by atoms with E-state index >= 15 is 0 Å². The summed E-state index contributed by atoms with van der Waals surface area (Å²) in [5.74, 6) is -0.0571. The number of nitrogens with zero attached hydrogens (tertiary/aromatic N) is 2. The molecule has 3 rings (SSSR count). The molecule has 3 nitrogen and oxygen atoms in total. The van der Waals surface area contributed by atoms with Crippen LogP contribution in [0.1, 0.15) is 31.9 Å². The van der Waals surface area contributed by atoms with Crippen molar-refractivity contribution in [1.29, 1.82) is 5.26 Å². The first-order valence-corrected chi connectivity index (χ1v) is 7.96. The molecular formula is C19H17ClN2O. The summed E-state index contributed by atoms with van der Waals surface area (Å²) in [6.07, 6.45) is 4.54. The van der Waals surface area contributed by atoms with Crippen LogP contribution in [0.3, 0.4) is 0 Å². The van der Waals surface area contributed by atoms with Crippen LogP contribution in [0.4, 0.5) is 0 Å². The summed E-state index contributed by atoms with van der Waals surface area (Å²) in [6.45, 7) is 4.54. The number of nitriles is 1. The second-order valence-electron chi connectivity index (χ2n) is 5.95. The first-order chi connectivity index (χ1) is 11.0. The zero-order valence-electron chi connectivity index (χ0n) is 13.1. The molecule has 1 aliphatic heterocycles. The molecule has 1 atom stereocenters. The minimum atomic E-state index is -0.0654. The van der Waals surface area contributed by atoms with Crippen molar-refractivity contribution in [3.63, 3.8) is 0 Å². The third-order valence-corrected chi connectivity index (χ3v) is 4.68. The fourth-order valence-corrected chi connectivity index (χ4v) is 3.22. The molecule has 1 saturated heterocycles. The molecule has 1 aliphatic carbocycles. The number of carbonyl (C=O) groups is 1. The van der Waals surface area contributed by atoms with Gasteiger partial charge in [0.2, 0.25) is 0 Å². The molecule has 0 N–H and O–H groups in total. The van der Waals surface area contributed by atoms with E-state index in [0.29, 0.717) is 29.1 Å². The molecule has 0 spiro atoms.